The molecule has 2 amide bonds. The Labute approximate surface area is 156 Å². The van der Waals surface area contributed by atoms with E-state index in [1.54, 1.807) is 37.4 Å². The fourth-order valence-electron chi connectivity index (χ4n) is 2.52. The molecule has 1 heterocycles. The highest BCUT2D eigenvalue weighted by Gasteiger charge is 2.11. The molecule has 0 radical (unpaired) electrons. The second kappa shape index (κ2) is 8.18. The molecule has 0 saturated heterocycles. The van der Waals surface area contributed by atoms with E-state index in [1.165, 1.54) is 6.92 Å². The number of amides is 2. The van der Waals surface area contributed by atoms with Gasteiger partial charge in [0.25, 0.3) is 0 Å². The number of nitrogens with one attached hydrogen (secondary N) is 2. The molecule has 3 aromatic rings. The van der Waals surface area contributed by atoms with E-state index in [2.05, 4.69) is 15.8 Å². The van der Waals surface area contributed by atoms with Crippen LogP contribution in [0.2, 0.25) is 0 Å². The van der Waals surface area contributed by atoms with Gasteiger partial charge in [0.2, 0.25) is 11.8 Å². The van der Waals surface area contributed by atoms with Crippen molar-refractivity contribution in [3.63, 3.8) is 0 Å². The van der Waals surface area contributed by atoms with E-state index < -0.39 is 0 Å². The van der Waals surface area contributed by atoms with E-state index >= 15 is 0 Å². The summed E-state index contributed by atoms with van der Waals surface area (Å²) in [5, 5.41) is 9.41. The number of hydrogen-bond acceptors (Lipinski definition) is 5. The minimum absolute atomic E-state index is 0.0842. The number of rotatable bonds is 6. The van der Waals surface area contributed by atoms with Gasteiger partial charge in [-0.05, 0) is 36.4 Å². The number of methoxy groups -OCH3 is 1. The molecule has 27 heavy (non-hydrogen) atoms. The number of anilines is 2. The van der Waals surface area contributed by atoms with Crippen molar-refractivity contribution in [3.05, 3.63) is 60.3 Å². The van der Waals surface area contributed by atoms with E-state index in [1.807, 2.05) is 24.3 Å². The van der Waals surface area contributed by atoms with Crippen LogP contribution in [-0.4, -0.2) is 24.1 Å². The zero-order chi connectivity index (χ0) is 19.2. The number of nitrogens with zero attached hydrogens (tertiary/aromatic N) is 1. The first-order valence-corrected chi connectivity index (χ1v) is 8.31. The Morgan fingerprint density at radius 2 is 1.74 bits per heavy atom. The first kappa shape index (κ1) is 18.2. The molecule has 7 nitrogen and oxygen atoms in total. The van der Waals surface area contributed by atoms with Crippen molar-refractivity contribution >= 4 is 23.2 Å². The van der Waals surface area contributed by atoms with Gasteiger partial charge in [-0.2, -0.15) is 0 Å². The summed E-state index contributed by atoms with van der Waals surface area (Å²) in [5.41, 5.74) is 2.65. The normalized spacial score (nSPS) is 10.3. The van der Waals surface area contributed by atoms with Crippen molar-refractivity contribution < 1.29 is 18.8 Å². The lowest BCUT2D eigenvalue weighted by molar-refractivity contribution is -0.116. The lowest BCUT2D eigenvalue weighted by Gasteiger charge is -2.06. The quantitative estimate of drug-likeness (QED) is 0.697. The number of ether oxygens (including phenoxy) is 1. The number of benzene rings is 2. The van der Waals surface area contributed by atoms with E-state index in [0.29, 0.717) is 28.6 Å². The fraction of sp³-hybridized carbons (Fsp3) is 0.150. The van der Waals surface area contributed by atoms with E-state index in [4.69, 9.17) is 9.26 Å². The third-order valence-electron chi connectivity index (χ3n) is 3.74. The molecule has 7 heteroatoms. The molecule has 0 aliphatic rings. The van der Waals surface area contributed by atoms with Gasteiger partial charge in [-0.25, -0.2) is 0 Å². The molecule has 2 N–H and O–H groups in total. The average Bonchev–Trinajstić information content (AvgIpc) is 3.11. The van der Waals surface area contributed by atoms with Crippen molar-refractivity contribution in [2.24, 2.45) is 0 Å². The van der Waals surface area contributed by atoms with E-state index in [9.17, 15) is 9.59 Å². The maximum atomic E-state index is 12.2. The van der Waals surface area contributed by atoms with Crippen molar-refractivity contribution in [2.45, 2.75) is 13.3 Å². The van der Waals surface area contributed by atoms with Gasteiger partial charge in [0.1, 0.15) is 5.75 Å². The highest BCUT2D eigenvalue weighted by Crippen LogP contribution is 2.24. The lowest BCUT2D eigenvalue weighted by atomic mass is 10.1. The van der Waals surface area contributed by atoms with Crippen molar-refractivity contribution in [2.75, 3.05) is 17.7 Å². The number of carbonyl (C=O) groups is 2. The van der Waals surface area contributed by atoms with Gasteiger partial charge in [-0.1, -0.05) is 17.3 Å². The number of hydrogen-bond donors (Lipinski definition) is 2. The topological polar surface area (TPSA) is 93.5 Å². The maximum absolute atomic E-state index is 12.2. The summed E-state index contributed by atoms with van der Waals surface area (Å²) >= 11 is 0. The summed E-state index contributed by atoms with van der Waals surface area (Å²) in [7, 11) is 1.60. The van der Waals surface area contributed by atoms with Crippen LogP contribution in [-0.2, 0) is 16.0 Å². The van der Waals surface area contributed by atoms with Gasteiger partial charge in [0.15, 0.2) is 5.76 Å². The molecule has 0 unspecified atom stereocenters. The van der Waals surface area contributed by atoms with Crippen LogP contribution < -0.4 is 15.4 Å². The molecular formula is C20H19N3O4. The van der Waals surface area contributed by atoms with Crippen molar-refractivity contribution in [1.29, 1.82) is 0 Å². The van der Waals surface area contributed by atoms with Crippen molar-refractivity contribution in [3.8, 4) is 17.1 Å². The van der Waals surface area contributed by atoms with Crippen LogP contribution in [0.25, 0.3) is 11.3 Å². The zero-order valence-corrected chi connectivity index (χ0v) is 15.0. The third kappa shape index (κ3) is 4.94. The molecule has 0 saturated carbocycles. The summed E-state index contributed by atoms with van der Waals surface area (Å²) in [6.45, 7) is 1.44. The Balaban J connectivity index is 1.61. The van der Waals surface area contributed by atoms with Crippen LogP contribution in [0.5, 0.6) is 5.75 Å². The Morgan fingerprint density at radius 3 is 2.41 bits per heavy atom. The summed E-state index contributed by atoms with van der Waals surface area (Å²) in [4.78, 5) is 23.2. The average molecular weight is 365 g/mol. The largest absolute Gasteiger partial charge is 0.497 e. The second-order valence-corrected chi connectivity index (χ2v) is 5.90. The molecule has 2 aromatic carbocycles. The van der Waals surface area contributed by atoms with Gasteiger partial charge in [0, 0.05) is 29.9 Å². The Morgan fingerprint density at radius 1 is 1.04 bits per heavy atom. The Hall–Kier alpha value is -3.61. The predicted molar refractivity (Wildman–Crippen MR) is 102 cm³/mol. The van der Waals surface area contributed by atoms with Gasteiger partial charge in [0.05, 0.1) is 19.2 Å². The van der Waals surface area contributed by atoms with Crippen molar-refractivity contribution in [1.82, 2.24) is 5.16 Å². The Bertz CT molecular complexity index is 948. The molecular weight excluding hydrogens is 346 g/mol. The third-order valence-corrected chi connectivity index (χ3v) is 3.74. The first-order valence-electron chi connectivity index (χ1n) is 8.31. The van der Waals surface area contributed by atoms with Gasteiger partial charge in [-0.3, -0.25) is 9.59 Å². The molecule has 0 bridgehead atoms. The molecule has 0 aliphatic heterocycles. The number of aromatic nitrogens is 1. The molecule has 0 fully saturated rings. The predicted octanol–water partition coefficient (Wildman–Crippen LogP) is 3.49. The Kier molecular flexibility index (Phi) is 5.51. The molecule has 0 spiro atoms. The zero-order valence-electron chi connectivity index (χ0n) is 15.0. The molecule has 138 valence electrons. The monoisotopic (exact) mass is 365 g/mol. The summed E-state index contributed by atoms with van der Waals surface area (Å²) < 4.78 is 10.5. The van der Waals surface area contributed by atoms with E-state index in [0.717, 1.165) is 5.56 Å². The van der Waals surface area contributed by atoms with Gasteiger partial charge < -0.3 is 19.9 Å². The number of carbonyl (C=O) groups excluding carboxylic acids is 2. The highest BCUT2D eigenvalue weighted by atomic mass is 16.5. The van der Waals surface area contributed by atoms with Crippen LogP contribution in [0.4, 0.5) is 11.4 Å². The smallest absolute Gasteiger partial charge is 0.230 e. The lowest BCUT2D eigenvalue weighted by Crippen LogP contribution is -2.14. The minimum atomic E-state index is -0.215. The molecule has 1 aromatic heterocycles. The standard InChI is InChI=1S/C20H19N3O4/c1-13(24)21-15-6-8-16(9-7-15)22-20(25)12-17-11-19(27-23-17)14-4-3-5-18(10-14)26-2/h3-11H,12H2,1-2H3,(H,21,24)(H,22,25). The van der Waals surface area contributed by atoms with Crippen LogP contribution >= 0.6 is 0 Å². The van der Waals surface area contributed by atoms with Crippen LogP contribution in [0.15, 0.2) is 59.1 Å². The van der Waals surface area contributed by atoms with Gasteiger partial charge in [-0.15, -0.1) is 0 Å². The van der Waals surface area contributed by atoms with E-state index in [-0.39, 0.29) is 18.2 Å². The van der Waals surface area contributed by atoms with Crippen LogP contribution in [0.1, 0.15) is 12.6 Å². The molecule has 0 aliphatic carbocycles. The van der Waals surface area contributed by atoms with Crippen LogP contribution in [0.3, 0.4) is 0 Å². The first-order chi connectivity index (χ1) is 13.0. The maximum Gasteiger partial charge on any atom is 0.230 e. The fourth-order valence-corrected chi connectivity index (χ4v) is 2.52. The van der Waals surface area contributed by atoms with Gasteiger partial charge >= 0.3 is 0 Å². The molecule has 0 atom stereocenters. The van der Waals surface area contributed by atoms with Crippen LogP contribution in [0, 0.1) is 0 Å². The minimum Gasteiger partial charge on any atom is -0.497 e. The summed E-state index contributed by atoms with van der Waals surface area (Å²) in [6, 6.07) is 16.0. The molecule has 3 rings (SSSR count). The second-order valence-electron chi connectivity index (χ2n) is 5.90. The SMILES string of the molecule is COc1cccc(-c2cc(CC(=O)Nc3ccc(NC(C)=O)cc3)no2)c1. The highest BCUT2D eigenvalue weighted by molar-refractivity contribution is 5.93. The summed E-state index contributed by atoms with van der Waals surface area (Å²) in [6.07, 6.45) is 0.0842. The summed E-state index contributed by atoms with van der Waals surface area (Å²) in [5.74, 6) is 0.916.